The molecule has 0 aliphatic heterocycles. The molecule has 0 nitrogen and oxygen atoms in total. The summed E-state index contributed by atoms with van der Waals surface area (Å²) in [6.07, 6.45) is 14.0. The maximum Gasteiger partial charge on any atom is -0.0105 e. The van der Waals surface area contributed by atoms with Crippen LogP contribution in [0.3, 0.4) is 0 Å². The lowest BCUT2D eigenvalue weighted by Crippen LogP contribution is -1.92. The van der Waals surface area contributed by atoms with Crippen LogP contribution in [-0.4, -0.2) is 0 Å². The molecule has 0 heterocycles. The van der Waals surface area contributed by atoms with Gasteiger partial charge in [-0.05, 0) is 225 Å². The fourth-order valence-corrected chi connectivity index (χ4v) is 12.6. The van der Waals surface area contributed by atoms with Gasteiger partial charge in [0, 0.05) is 0 Å². The van der Waals surface area contributed by atoms with Crippen LogP contribution in [0.1, 0.15) is 145 Å². The molecule has 0 aliphatic carbocycles. The van der Waals surface area contributed by atoms with Gasteiger partial charge < -0.3 is 0 Å². The second kappa shape index (κ2) is 29.9. The highest BCUT2D eigenvalue weighted by Crippen LogP contribution is 2.36. The highest BCUT2D eigenvalue weighted by Gasteiger charge is 2.15. The van der Waals surface area contributed by atoms with Crippen LogP contribution >= 0.6 is 0 Å². The Kier molecular flexibility index (Phi) is 19.9. The van der Waals surface area contributed by atoms with Crippen LogP contribution in [0.15, 0.2) is 315 Å². The van der Waals surface area contributed by atoms with Gasteiger partial charge in [-0.25, -0.2) is 0 Å². The maximum atomic E-state index is 2.35. The average Bonchev–Trinajstić information content (AvgIpc) is 0.828. The van der Waals surface area contributed by atoms with Crippen molar-refractivity contribution in [2.24, 2.45) is 0 Å². The summed E-state index contributed by atoms with van der Waals surface area (Å²) >= 11 is 0. The van der Waals surface area contributed by atoms with Crippen LogP contribution in [0.25, 0.3) is 69.9 Å². The highest BCUT2D eigenvalue weighted by atomic mass is 14.2. The lowest BCUT2D eigenvalue weighted by molar-refractivity contribution is 1.43. The standard InChI is InChI=1S/C98H82/c1-67-9-37-81(38-10-67)93(82-39-11-68(2)12-40-82)63-77-29-53-89(54-30-77)97(90-55-31-78(32-56-90)64-94(83-41-13-69(3)14-42-83)84-43-15-70(4)16-44-84)61-75-25-27-76(28-26-75)62-98(91-57-33-79(34-58-91)65-95(85-45-17-71(5)18-46-85)86-47-19-72(6)20-48-86)92-59-35-80(36-60-92)66-96(87-49-21-73(7)22-50-87)88-51-23-74(8)24-52-88/h9-66H,1-8H3. The predicted molar refractivity (Wildman–Crippen MR) is 423 cm³/mol. The Hall–Kier alpha value is -11.7. The van der Waals surface area contributed by atoms with Crippen LogP contribution in [-0.2, 0) is 0 Å². The molecular formula is C98H82. The topological polar surface area (TPSA) is 0 Å². The monoisotopic (exact) mass is 1260 g/mol. The first-order valence-corrected chi connectivity index (χ1v) is 34.1. The summed E-state index contributed by atoms with van der Waals surface area (Å²) in [5.74, 6) is 0. The van der Waals surface area contributed by atoms with Crippen LogP contribution in [0.5, 0.6) is 0 Å². The summed E-state index contributed by atoms with van der Waals surface area (Å²) in [4.78, 5) is 0. The van der Waals surface area contributed by atoms with E-state index in [9.17, 15) is 0 Å². The van der Waals surface area contributed by atoms with Crippen LogP contribution < -0.4 is 0 Å². The summed E-state index contributed by atoms with van der Waals surface area (Å²) in [5.41, 5.74) is 37.8. The first kappa shape index (κ1) is 65.0. The number of hydrogen-bond donors (Lipinski definition) is 0. The molecule has 0 aliphatic rings. The Balaban J connectivity index is 0.890. The third-order valence-corrected chi connectivity index (χ3v) is 18.6. The van der Waals surface area contributed by atoms with Crippen molar-refractivity contribution in [2.45, 2.75) is 55.4 Å². The SMILES string of the molecule is Cc1ccc(C(=Cc2ccc(C(=Cc3ccc(C=C(c4ccc(C=C(c5ccc(C)cc5)c5ccc(C)cc5)cc4)c4ccc(C=C(c5ccc(C)cc5)c5ccc(C)cc5)cc4)cc3)c3ccc(C=C(c4ccc(C)cc4)c4ccc(C)cc4)cc3)cc2)c2ccc(C)cc2)cc1. The van der Waals surface area contributed by atoms with Crippen molar-refractivity contribution < 1.29 is 0 Å². The molecule has 474 valence electrons. The zero-order valence-electron chi connectivity index (χ0n) is 57.5. The Bertz CT molecular complexity index is 4250. The van der Waals surface area contributed by atoms with Gasteiger partial charge in [0.15, 0.2) is 0 Å². The van der Waals surface area contributed by atoms with E-state index in [1.807, 2.05) is 0 Å². The van der Waals surface area contributed by atoms with E-state index in [0.717, 1.165) is 66.8 Å². The van der Waals surface area contributed by atoms with E-state index in [0.29, 0.717) is 0 Å². The van der Waals surface area contributed by atoms with Gasteiger partial charge in [-0.15, -0.1) is 0 Å². The molecule has 0 saturated carbocycles. The molecule has 0 heteroatoms. The van der Waals surface area contributed by atoms with Crippen LogP contribution in [0.4, 0.5) is 0 Å². The van der Waals surface area contributed by atoms with Crippen molar-refractivity contribution in [3.05, 3.63) is 460 Å². The van der Waals surface area contributed by atoms with Gasteiger partial charge in [-0.2, -0.15) is 0 Å². The zero-order chi connectivity index (χ0) is 67.5. The van der Waals surface area contributed by atoms with Gasteiger partial charge in [-0.3, -0.25) is 0 Å². The third kappa shape index (κ3) is 16.2. The molecule has 0 aromatic heterocycles. The first-order valence-electron chi connectivity index (χ1n) is 34.1. The summed E-state index contributed by atoms with van der Waals surface area (Å²) in [6.45, 7) is 17.2. The van der Waals surface area contributed by atoms with E-state index in [-0.39, 0.29) is 0 Å². The zero-order valence-corrected chi connectivity index (χ0v) is 57.5. The molecule has 0 radical (unpaired) electrons. The minimum Gasteiger partial charge on any atom is -0.0587 e. The van der Waals surface area contributed by atoms with E-state index >= 15 is 0 Å². The molecule has 0 amide bonds. The van der Waals surface area contributed by atoms with Crippen LogP contribution in [0.2, 0.25) is 0 Å². The van der Waals surface area contributed by atoms with E-state index < -0.39 is 0 Å². The highest BCUT2D eigenvalue weighted by molar-refractivity contribution is 5.98. The van der Waals surface area contributed by atoms with Crippen molar-refractivity contribution in [3.63, 3.8) is 0 Å². The van der Waals surface area contributed by atoms with E-state index in [4.69, 9.17) is 0 Å². The van der Waals surface area contributed by atoms with Gasteiger partial charge in [0.05, 0.1) is 0 Å². The molecule has 98 heavy (non-hydrogen) atoms. The van der Waals surface area contributed by atoms with Crippen LogP contribution in [0, 0.1) is 55.4 Å². The molecule has 0 fully saturated rings. The molecule has 0 atom stereocenters. The van der Waals surface area contributed by atoms with Crippen molar-refractivity contribution in [2.75, 3.05) is 0 Å². The maximum absolute atomic E-state index is 2.35. The quantitative estimate of drug-likeness (QED) is 0.0751. The lowest BCUT2D eigenvalue weighted by atomic mass is 9.91. The molecule has 0 unspecified atom stereocenters. The fourth-order valence-electron chi connectivity index (χ4n) is 12.6. The van der Waals surface area contributed by atoms with E-state index in [2.05, 4.69) is 407 Å². The van der Waals surface area contributed by atoms with Gasteiger partial charge in [-0.1, -0.05) is 360 Å². The normalized spacial score (nSPS) is 10.9. The minimum atomic E-state index is 1.11. The molecule has 0 N–H and O–H groups in total. The minimum absolute atomic E-state index is 1.11. The summed E-state index contributed by atoms with van der Waals surface area (Å²) in [6, 6.07) is 116. The molecule has 13 aromatic carbocycles. The van der Waals surface area contributed by atoms with E-state index in [1.54, 1.807) is 0 Å². The number of hydrogen-bond acceptors (Lipinski definition) is 0. The average molecular weight is 1260 g/mol. The Morgan fingerprint density at radius 1 is 0.122 bits per heavy atom. The predicted octanol–water partition coefficient (Wildman–Crippen LogP) is 25.7. The smallest absolute Gasteiger partial charge is 0.0105 e. The molecule has 13 aromatic rings. The van der Waals surface area contributed by atoms with Gasteiger partial charge in [0.25, 0.3) is 0 Å². The number of aryl methyl sites for hydroxylation is 8. The molecule has 0 saturated heterocycles. The summed E-state index contributed by atoms with van der Waals surface area (Å²) < 4.78 is 0. The van der Waals surface area contributed by atoms with Crippen molar-refractivity contribution in [1.29, 1.82) is 0 Å². The van der Waals surface area contributed by atoms with Gasteiger partial charge >= 0.3 is 0 Å². The van der Waals surface area contributed by atoms with Gasteiger partial charge in [0.1, 0.15) is 0 Å². The second-order valence-corrected chi connectivity index (χ2v) is 26.4. The Morgan fingerprint density at radius 3 is 0.306 bits per heavy atom. The molecule has 0 spiro atoms. The lowest BCUT2D eigenvalue weighted by Gasteiger charge is -2.14. The third-order valence-electron chi connectivity index (χ3n) is 18.6. The molecule has 13 rings (SSSR count). The Labute approximate surface area is 581 Å². The number of benzene rings is 13. The fraction of sp³-hybridized carbons (Fsp3) is 0.0816. The van der Waals surface area contributed by atoms with Crippen molar-refractivity contribution in [3.8, 4) is 0 Å². The Morgan fingerprint density at radius 2 is 0.204 bits per heavy atom. The van der Waals surface area contributed by atoms with E-state index in [1.165, 1.54) is 111 Å². The van der Waals surface area contributed by atoms with Crippen molar-refractivity contribution in [1.82, 2.24) is 0 Å². The summed E-state index contributed by atoms with van der Waals surface area (Å²) in [5, 5.41) is 0. The largest absolute Gasteiger partial charge is 0.0587 e. The molecular weight excluding hydrogens is 1180 g/mol. The molecule has 0 bridgehead atoms. The van der Waals surface area contributed by atoms with Gasteiger partial charge in [0.2, 0.25) is 0 Å². The first-order chi connectivity index (χ1) is 47.7. The second-order valence-electron chi connectivity index (χ2n) is 26.4. The summed E-state index contributed by atoms with van der Waals surface area (Å²) in [7, 11) is 0. The van der Waals surface area contributed by atoms with Crippen molar-refractivity contribution >= 4 is 69.9 Å². The number of rotatable bonds is 18.